The molecule has 2 atom stereocenters. The second-order valence-electron chi connectivity index (χ2n) is 5.80. The number of nitrogens with two attached hydrogens (primary N) is 1. The molecule has 0 aliphatic carbocycles. The van der Waals surface area contributed by atoms with E-state index in [1.807, 2.05) is 0 Å². The van der Waals surface area contributed by atoms with Crippen molar-refractivity contribution in [1.29, 1.82) is 0 Å². The molecular formula is C14H21N3O2S. The number of sulfonamides is 1. The monoisotopic (exact) mass is 295 g/mol. The van der Waals surface area contributed by atoms with Crippen LogP contribution in [0.15, 0.2) is 29.2 Å². The largest absolute Gasteiger partial charge is 0.326 e. The van der Waals surface area contributed by atoms with Gasteiger partial charge >= 0.3 is 0 Å². The summed E-state index contributed by atoms with van der Waals surface area (Å²) in [6, 6.07) is 7.06. The quantitative estimate of drug-likeness (QED) is 0.880. The molecule has 2 aliphatic heterocycles. The zero-order chi connectivity index (χ0) is 14.3. The van der Waals surface area contributed by atoms with Crippen LogP contribution in [0.2, 0.25) is 0 Å². The van der Waals surface area contributed by atoms with Gasteiger partial charge in [0.2, 0.25) is 10.0 Å². The maximum Gasteiger partial charge on any atom is 0.243 e. The van der Waals surface area contributed by atoms with Gasteiger partial charge in [0.1, 0.15) is 0 Å². The van der Waals surface area contributed by atoms with Gasteiger partial charge in [0.05, 0.1) is 4.90 Å². The van der Waals surface area contributed by atoms with E-state index in [0.717, 1.165) is 25.1 Å². The Morgan fingerprint density at radius 1 is 1.25 bits per heavy atom. The number of hydrogen-bond acceptors (Lipinski definition) is 4. The van der Waals surface area contributed by atoms with Crippen LogP contribution in [-0.4, -0.2) is 50.3 Å². The summed E-state index contributed by atoms with van der Waals surface area (Å²) in [5, 5.41) is 0. The Labute approximate surface area is 120 Å². The first kappa shape index (κ1) is 14.0. The first-order valence-electron chi connectivity index (χ1n) is 7.02. The van der Waals surface area contributed by atoms with Crippen molar-refractivity contribution in [2.24, 2.45) is 11.7 Å². The van der Waals surface area contributed by atoms with Gasteiger partial charge in [0.15, 0.2) is 0 Å². The van der Waals surface area contributed by atoms with Gasteiger partial charge in [-0.1, -0.05) is 12.1 Å². The average Bonchev–Trinajstić information content (AvgIpc) is 2.97. The van der Waals surface area contributed by atoms with Crippen LogP contribution in [0.3, 0.4) is 0 Å². The van der Waals surface area contributed by atoms with Crippen LogP contribution in [0.5, 0.6) is 0 Å². The first-order chi connectivity index (χ1) is 9.52. The zero-order valence-corrected chi connectivity index (χ0v) is 12.5. The highest BCUT2D eigenvalue weighted by atomic mass is 32.2. The summed E-state index contributed by atoms with van der Waals surface area (Å²) in [6.45, 7) is 2.91. The lowest BCUT2D eigenvalue weighted by molar-refractivity contribution is 0.337. The van der Waals surface area contributed by atoms with Crippen LogP contribution in [0, 0.1) is 5.92 Å². The first-order valence-corrected chi connectivity index (χ1v) is 8.46. The van der Waals surface area contributed by atoms with Gasteiger partial charge in [-0.05, 0) is 37.1 Å². The van der Waals surface area contributed by atoms with E-state index >= 15 is 0 Å². The molecule has 1 aromatic rings. The van der Waals surface area contributed by atoms with Crippen molar-refractivity contribution in [3.05, 3.63) is 29.8 Å². The minimum atomic E-state index is -3.38. The SMILES string of the molecule is CN1CC2CCN(S(=O)(=O)c3ccc(CN)cc3)C2C1. The molecule has 0 spiro atoms. The molecule has 110 valence electrons. The lowest BCUT2D eigenvalue weighted by Gasteiger charge is -2.23. The third-order valence-electron chi connectivity index (χ3n) is 4.44. The summed E-state index contributed by atoms with van der Waals surface area (Å²) in [7, 11) is -1.32. The van der Waals surface area contributed by atoms with Crippen LogP contribution in [-0.2, 0) is 16.6 Å². The summed E-state index contributed by atoms with van der Waals surface area (Å²) >= 11 is 0. The van der Waals surface area contributed by atoms with Crippen molar-refractivity contribution < 1.29 is 8.42 Å². The van der Waals surface area contributed by atoms with E-state index in [4.69, 9.17) is 5.73 Å². The molecule has 0 amide bonds. The fourth-order valence-corrected chi connectivity index (χ4v) is 5.06. The van der Waals surface area contributed by atoms with Gasteiger partial charge in [-0.3, -0.25) is 0 Å². The Morgan fingerprint density at radius 3 is 2.60 bits per heavy atom. The second-order valence-corrected chi connectivity index (χ2v) is 7.69. The van der Waals surface area contributed by atoms with E-state index in [9.17, 15) is 8.42 Å². The van der Waals surface area contributed by atoms with Crippen LogP contribution in [0.25, 0.3) is 0 Å². The van der Waals surface area contributed by atoms with E-state index in [1.54, 1.807) is 28.6 Å². The number of benzene rings is 1. The van der Waals surface area contributed by atoms with Gasteiger partial charge in [-0.15, -0.1) is 0 Å². The summed E-state index contributed by atoms with van der Waals surface area (Å²) in [5.41, 5.74) is 6.50. The molecule has 0 bridgehead atoms. The zero-order valence-electron chi connectivity index (χ0n) is 11.7. The minimum absolute atomic E-state index is 0.138. The second kappa shape index (κ2) is 5.11. The highest BCUT2D eigenvalue weighted by Gasteiger charge is 2.45. The average molecular weight is 295 g/mol. The topological polar surface area (TPSA) is 66.6 Å². The normalized spacial score (nSPS) is 27.9. The van der Waals surface area contributed by atoms with Crippen molar-refractivity contribution >= 4 is 10.0 Å². The molecule has 2 N–H and O–H groups in total. The predicted molar refractivity (Wildman–Crippen MR) is 77.6 cm³/mol. The molecule has 3 rings (SSSR count). The fraction of sp³-hybridized carbons (Fsp3) is 0.571. The fourth-order valence-electron chi connectivity index (χ4n) is 3.37. The molecule has 6 heteroatoms. The molecule has 2 fully saturated rings. The molecule has 5 nitrogen and oxygen atoms in total. The molecule has 0 aromatic heterocycles. The van der Waals surface area contributed by atoms with Crippen LogP contribution < -0.4 is 5.73 Å². The molecule has 0 saturated carbocycles. The number of likely N-dealkylation sites (tertiary alicyclic amines) is 1. The lowest BCUT2D eigenvalue weighted by atomic mass is 10.1. The van der Waals surface area contributed by atoms with Crippen LogP contribution in [0.1, 0.15) is 12.0 Å². The summed E-state index contributed by atoms with van der Waals surface area (Å²) in [5.74, 6) is 0.484. The summed E-state index contributed by atoms with van der Waals surface area (Å²) < 4.78 is 27.2. The number of nitrogens with zero attached hydrogens (tertiary/aromatic N) is 2. The minimum Gasteiger partial charge on any atom is -0.326 e. The van der Waals surface area contributed by atoms with Crippen molar-refractivity contribution in [1.82, 2.24) is 9.21 Å². The Bertz CT molecular complexity index is 585. The van der Waals surface area contributed by atoms with Gasteiger partial charge < -0.3 is 10.6 Å². The van der Waals surface area contributed by atoms with E-state index in [0.29, 0.717) is 23.9 Å². The molecule has 2 heterocycles. The van der Waals surface area contributed by atoms with Crippen molar-refractivity contribution in [2.45, 2.75) is 23.9 Å². The van der Waals surface area contributed by atoms with Crippen molar-refractivity contribution in [2.75, 3.05) is 26.7 Å². The standard InChI is InChI=1S/C14H21N3O2S/c1-16-9-12-6-7-17(14(12)10-16)20(18,19)13-4-2-11(8-15)3-5-13/h2-5,12,14H,6-10,15H2,1H3. The number of fused-ring (bicyclic) bond motifs is 1. The predicted octanol–water partition coefficient (Wildman–Crippen LogP) is 0.470. The molecule has 2 unspecified atom stereocenters. The lowest BCUT2D eigenvalue weighted by Crippen LogP contribution is -2.39. The Balaban J connectivity index is 1.88. The molecule has 20 heavy (non-hydrogen) atoms. The van der Waals surface area contributed by atoms with E-state index in [2.05, 4.69) is 11.9 Å². The van der Waals surface area contributed by atoms with Crippen molar-refractivity contribution in [3.63, 3.8) is 0 Å². The van der Waals surface area contributed by atoms with Gasteiger partial charge in [-0.25, -0.2) is 8.42 Å². The molecular weight excluding hydrogens is 274 g/mol. The molecule has 0 radical (unpaired) electrons. The van der Waals surface area contributed by atoms with E-state index in [-0.39, 0.29) is 6.04 Å². The van der Waals surface area contributed by atoms with Crippen LogP contribution in [0.4, 0.5) is 0 Å². The van der Waals surface area contributed by atoms with Crippen molar-refractivity contribution in [3.8, 4) is 0 Å². The highest BCUT2D eigenvalue weighted by Crippen LogP contribution is 2.34. The molecule has 2 saturated heterocycles. The van der Waals surface area contributed by atoms with Gasteiger partial charge in [0, 0.05) is 32.2 Å². The summed E-state index contributed by atoms with van der Waals surface area (Å²) in [4.78, 5) is 2.60. The number of rotatable bonds is 3. The third kappa shape index (κ3) is 2.26. The maximum absolute atomic E-state index is 12.8. The Morgan fingerprint density at radius 2 is 1.95 bits per heavy atom. The molecule has 1 aromatic carbocycles. The van der Waals surface area contributed by atoms with E-state index < -0.39 is 10.0 Å². The Hall–Kier alpha value is -0.950. The summed E-state index contributed by atoms with van der Waals surface area (Å²) in [6.07, 6.45) is 0.967. The highest BCUT2D eigenvalue weighted by molar-refractivity contribution is 7.89. The Kier molecular flexibility index (Phi) is 3.58. The number of hydrogen-bond donors (Lipinski definition) is 1. The maximum atomic E-state index is 12.8. The van der Waals surface area contributed by atoms with Gasteiger partial charge in [-0.2, -0.15) is 4.31 Å². The smallest absolute Gasteiger partial charge is 0.243 e. The van der Waals surface area contributed by atoms with E-state index in [1.165, 1.54) is 0 Å². The van der Waals surface area contributed by atoms with Crippen LogP contribution >= 0.6 is 0 Å². The molecule has 2 aliphatic rings. The van der Waals surface area contributed by atoms with Gasteiger partial charge in [0.25, 0.3) is 0 Å². The number of likely N-dealkylation sites (N-methyl/N-ethyl adjacent to an activating group) is 1. The third-order valence-corrected chi connectivity index (χ3v) is 6.38.